The summed E-state index contributed by atoms with van der Waals surface area (Å²) in [6.07, 6.45) is 0. The summed E-state index contributed by atoms with van der Waals surface area (Å²) in [5.74, 6) is 0. The van der Waals surface area contributed by atoms with Crippen molar-refractivity contribution >= 4 is 32.3 Å². The van der Waals surface area contributed by atoms with Crippen molar-refractivity contribution in [2.75, 3.05) is 0 Å². The molecule has 168 valence electrons. The molecule has 0 amide bonds. The van der Waals surface area contributed by atoms with E-state index in [1.165, 1.54) is 5.39 Å². The van der Waals surface area contributed by atoms with Gasteiger partial charge in [0.25, 0.3) is 0 Å². The van der Waals surface area contributed by atoms with E-state index in [0.29, 0.717) is 5.56 Å². The SMILES string of the molecule is [2H]c1c([2H])c([2H])c(-c2ccc3c(-c4ccc5ccccc5c4)c4ccccc4c(-c4ccccc4)c3c2)c([2H])c1[2H]. The van der Waals surface area contributed by atoms with Crippen LogP contribution in [-0.4, -0.2) is 0 Å². The lowest BCUT2D eigenvalue weighted by Gasteiger charge is -2.19. The van der Waals surface area contributed by atoms with Gasteiger partial charge in [0, 0.05) is 0 Å². The van der Waals surface area contributed by atoms with E-state index in [1.807, 2.05) is 54.6 Å². The molecule has 0 saturated carbocycles. The first-order chi connectivity index (χ1) is 19.9. The molecule has 0 fully saturated rings. The minimum Gasteiger partial charge on any atom is -0.0622 e. The van der Waals surface area contributed by atoms with Crippen LogP contribution >= 0.6 is 0 Å². The molecular weight excluding hydrogens is 432 g/mol. The first-order valence-corrected chi connectivity index (χ1v) is 12.0. The third-order valence-corrected chi connectivity index (χ3v) is 6.91. The van der Waals surface area contributed by atoms with Crippen molar-refractivity contribution in [1.82, 2.24) is 0 Å². The Morgan fingerprint density at radius 1 is 0.361 bits per heavy atom. The molecule has 0 radical (unpaired) electrons. The van der Waals surface area contributed by atoms with E-state index < -0.39 is 0 Å². The molecule has 0 nitrogen and oxygen atoms in total. The summed E-state index contributed by atoms with van der Waals surface area (Å²) < 4.78 is 41.7. The maximum atomic E-state index is 8.61. The predicted octanol–water partition coefficient (Wildman–Crippen LogP) is 10.1. The van der Waals surface area contributed by atoms with Crippen LogP contribution in [0.5, 0.6) is 0 Å². The van der Waals surface area contributed by atoms with Crippen LogP contribution in [0.2, 0.25) is 0 Å². The third-order valence-electron chi connectivity index (χ3n) is 6.91. The summed E-state index contributed by atoms with van der Waals surface area (Å²) in [5.41, 5.74) is 5.10. The summed E-state index contributed by atoms with van der Waals surface area (Å²) >= 11 is 0. The molecule has 0 aromatic heterocycles. The largest absolute Gasteiger partial charge is 0.0629 e. The van der Waals surface area contributed by atoms with Gasteiger partial charge in [-0.3, -0.25) is 0 Å². The highest BCUT2D eigenvalue weighted by Crippen LogP contribution is 2.45. The van der Waals surface area contributed by atoms with Gasteiger partial charge >= 0.3 is 0 Å². The van der Waals surface area contributed by atoms with Gasteiger partial charge in [-0.05, 0) is 77.8 Å². The summed E-state index contributed by atoms with van der Waals surface area (Å²) in [6, 6.07) is 37.9. The van der Waals surface area contributed by atoms with E-state index in [1.54, 1.807) is 0 Å². The minimum atomic E-state index is -0.390. The molecule has 0 spiro atoms. The average Bonchev–Trinajstić information content (AvgIpc) is 3.02. The smallest absolute Gasteiger partial charge is 0.0622 e. The van der Waals surface area contributed by atoms with Gasteiger partial charge in [0.15, 0.2) is 0 Å². The molecule has 0 heterocycles. The summed E-state index contributed by atoms with van der Waals surface area (Å²) in [4.78, 5) is 0. The van der Waals surface area contributed by atoms with E-state index in [9.17, 15) is 0 Å². The highest BCUT2D eigenvalue weighted by molar-refractivity contribution is 6.22. The minimum absolute atomic E-state index is 0.202. The average molecular weight is 462 g/mol. The van der Waals surface area contributed by atoms with Gasteiger partial charge in [0.1, 0.15) is 0 Å². The standard InChI is InChI=1S/C36H24/c1-3-11-25(12-4-1)29-21-22-33-34(24-29)35(27-14-5-2-6-15-27)31-17-9-10-18-32(31)36(33)30-20-19-26-13-7-8-16-28(26)23-30/h1-24H/i1D,3D,4D,11D,12D. The normalized spacial score (nSPS) is 13.3. The second kappa shape index (κ2) is 8.52. The lowest BCUT2D eigenvalue weighted by atomic mass is 9.84. The van der Waals surface area contributed by atoms with Gasteiger partial charge in [0.2, 0.25) is 0 Å². The van der Waals surface area contributed by atoms with Crippen LogP contribution in [0.25, 0.3) is 65.7 Å². The maximum Gasteiger partial charge on any atom is 0.0629 e. The summed E-state index contributed by atoms with van der Waals surface area (Å²) in [6.45, 7) is 0. The molecule has 7 rings (SSSR count). The van der Waals surface area contributed by atoms with Crippen molar-refractivity contribution in [3.8, 4) is 33.4 Å². The zero-order valence-electron chi connectivity index (χ0n) is 24.5. The number of hydrogen-bond donors (Lipinski definition) is 0. The Hall–Kier alpha value is -4.68. The molecule has 7 aromatic rings. The first kappa shape index (κ1) is 16.1. The van der Waals surface area contributed by atoms with Gasteiger partial charge in [-0.25, -0.2) is 0 Å². The molecule has 0 saturated heterocycles. The van der Waals surface area contributed by atoms with E-state index in [4.69, 9.17) is 6.85 Å². The summed E-state index contributed by atoms with van der Waals surface area (Å²) in [5, 5.41) is 6.55. The van der Waals surface area contributed by atoms with E-state index in [0.717, 1.165) is 49.2 Å². The monoisotopic (exact) mass is 461 g/mol. The zero-order chi connectivity index (χ0) is 28.2. The van der Waals surface area contributed by atoms with Gasteiger partial charge in [-0.15, -0.1) is 0 Å². The molecule has 0 aliphatic rings. The van der Waals surface area contributed by atoms with Crippen LogP contribution in [-0.2, 0) is 0 Å². The summed E-state index contributed by atoms with van der Waals surface area (Å²) in [7, 11) is 0. The van der Waals surface area contributed by atoms with Crippen molar-refractivity contribution in [3.63, 3.8) is 0 Å². The van der Waals surface area contributed by atoms with Crippen molar-refractivity contribution in [3.05, 3.63) is 145 Å². The van der Waals surface area contributed by atoms with Gasteiger partial charge in [-0.1, -0.05) is 133 Å². The third kappa shape index (κ3) is 3.39. The van der Waals surface area contributed by atoms with Crippen LogP contribution in [0.3, 0.4) is 0 Å². The van der Waals surface area contributed by atoms with Crippen LogP contribution < -0.4 is 0 Å². The molecule has 0 aliphatic heterocycles. The van der Waals surface area contributed by atoms with Crippen molar-refractivity contribution in [1.29, 1.82) is 0 Å². The van der Waals surface area contributed by atoms with Gasteiger partial charge in [-0.2, -0.15) is 0 Å². The second-order valence-corrected chi connectivity index (χ2v) is 8.98. The van der Waals surface area contributed by atoms with Gasteiger partial charge in [0.05, 0.1) is 6.85 Å². The Bertz CT molecular complexity index is 2120. The van der Waals surface area contributed by atoms with Crippen molar-refractivity contribution in [2.45, 2.75) is 0 Å². The molecule has 0 bridgehead atoms. The molecular formula is C36H24. The van der Waals surface area contributed by atoms with E-state index in [2.05, 4.69) is 60.7 Å². The number of benzene rings is 7. The van der Waals surface area contributed by atoms with Crippen LogP contribution in [0, 0.1) is 0 Å². The first-order valence-electron chi connectivity index (χ1n) is 14.5. The van der Waals surface area contributed by atoms with Crippen molar-refractivity contribution in [2.24, 2.45) is 0 Å². The predicted molar refractivity (Wildman–Crippen MR) is 155 cm³/mol. The Morgan fingerprint density at radius 3 is 1.75 bits per heavy atom. The molecule has 0 aliphatic carbocycles. The second-order valence-electron chi connectivity index (χ2n) is 8.98. The fraction of sp³-hybridized carbons (Fsp3) is 0. The highest BCUT2D eigenvalue weighted by atomic mass is 14.2. The van der Waals surface area contributed by atoms with Crippen LogP contribution in [0.15, 0.2) is 145 Å². The molecule has 0 unspecified atom stereocenters. The number of fused-ring (bicyclic) bond motifs is 3. The fourth-order valence-electron chi connectivity index (χ4n) is 5.30. The van der Waals surface area contributed by atoms with Crippen LogP contribution in [0.1, 0.15) is 6.85 Å². The van der Waals surface area contributed by atoms with Gasteiger partial charge < -0.3 is 0 Å². The Labute approximate surface area is 218 Å². The lowest BCUT2D eigenvalue weighted by molar-refractivity contribution is 1.63. The fourth-order valence-corrected chi connectivity index (χ4v) is 5.30. The maximum absolute atomic E-state index is 8.61. The molecule has 0 N–H and O–H groups in total. The van der Waals surface area contributed by atoms with E-state index in [-0.39, 0.29) is 35.8 Å². The number of rotatable bonds is 3. The molecule has 0 atom stereocenters. The molecule has 0 heteroatoms. The van der Waals surface area contributed by atoms with E-state index >= 15 is 0 Å². The zero-order valence-corrected chi connectivity index (χ0v) is 19.5. The topological polar surface area (TPSA) is 0 Å². The number of hydrogen-bond acceptors (Lipinski definition) is 0. The molecule has 7 aromatic carbocycles. The van der Waals surface area contributed by atoms with Crippen LogP contribution in [0.4, 0.5) is 0 Å². The quantitative estimate of drug-likeness (QED) is 0.230. The Kier molecular flexibility index (Phi) is 3.80. The highest BCUT2D eigenvalue weighted by Gasteiger charge is 2.17. The lowest BCUT2D eigenvalue weighted by Crippen LogP contribution is -1.91. The Morgan fingerprint density at radius 2 is 0.972 bits per heavy atom. The van der Waals surface area contributed by atoms with Crippen molar-refractivity contribution < 1.29 is 6.85 Å². The molecule has 36 heavy (non-hydrogen) atoms. The Balaban J connectivity index is 1.64.